The number of nitrogens with one attached hydrogen (secondary N) is 2. The van der Waals surface area contributed by atoms with Gasteiger partial charge in [-0.15, -0.1) is 0 Å². The Morgan fingerprint density at radius 2 is 1.84 bits per heavy atom. The zero-order valence-electron chi connectivity index (χ0n) is 18.5. The van der Waals surface area contributed by atoms with Crippen molar-refractivity contribution >= 4 is 11.9 Å². The summed E-state index contributed by atoms with van der Waals surface area (Å²) in [6.45, 7) is 7.95. The van der Waals surface area contributed by atoms with Crippen molar-refractivity contribution < 1.29 is 9.53 Å². The van der Waals surface area contributed by atoms with E-state index in [9.17, 15) is 4.79 Å². The van der Waals surface area contributed by atoms with Crippen molar-refractivity contribution in [2.24, 2.45) is 4.99 Å². The van der Waals surface area contributed by atoms with Crippen LogP contribution in [0.1, 0.15) is 39.8 Å². The van der Waals surface area contributed by atoms with Gasteiger partial charge in [-0.1, -0.05) is 30.3 Å². The van der Waals surface area contributed by atoms with Crippen LogP contribution < -0.4 is 10.6 Å². The van der Waals surface area contributed by atoms with Crippen LogP contribution in [-0.4, -0.2) is 35.4 Å². The van der Waals surface area contributed by atoms with Gasteiger partial charge in [0, 0.05) is 18.8 Å². The van der Waals surface area contributed by atoms with Gasteiger partial charge in [-0.2, -0.15) is 5.10 Å². The number of aryl methyl sites for hydroxylation is 2. The lowest BCUT2D eigenvalue weighted by Gasteiger charge is -2.15. The zero-order valence-corrected chi connectivity index (χ0v) is 18.5. The highest BCUT2D eigenvalue weighted by molar-refractivity contribution is 5.89. The predicted octanol–water partition coefficient (Wildman–Crippen LogP) is 3.53. The van der Waals surface area contributed by atoms with Gasteiger partial charge in [0.1, 0.15) is 0 Å². The van der Waals surface area contributed by atoms with E-state index < -0.39 is 0 Å². The SMILES string of the molecule is CCNC(=NCc1ccc(C(=O)OC)cc1)NCc1ccccc1-n1nc(C)cc1C. The maximum Gasteiger partial charge on any atom is 0.337 e. The Bertz CT molecular complexity index is 1050. The summed E-state index contributed by atoms with van der Waals surface area (Å²) in [5, 5.41) is 11.3. The summed E-state index contributed by atoms with van der Waals surface area (Å²) in [6.07, 6.45) is 0. The van der Waals surface area contributed by atoms with E-state index in [4.69, 9.17) is 4.74 Å². The Labute approximate surface area is 183 Å². The van der Waals surface area contributed by atoms with E-state index in [2.05, 4.69) is 45.8 Å². The quantitative estimate of drug-likeness (QED) is 0.348. The molecule has 0 amide bonds. The van der Waals surface area contributed by atoms with Crippen LogP contribution in [0, 0.1) is 13.8 Å². The van der Waals surface area contributed by atoms with E-state index in [1.165, 1.54) is 7.11 Å². The molecule has 1 aromatic heterocycles. The van der Waals surface area contributed by atoms with E-state index in [1.54, 1.807) is 12.1 Å². The number of hydrogen-bond donors (Lipinski definition) is 2. The third kappa shape index (κ3) is 5.72. The maximum atomic E-state index is 11.6. The number of esters is 1. The highest BCUT2D eigenvalue weighted by Gasteiger charge is 2.09. The molecule has 0 unspecified atom stereocenters. The number of methoxy groups -OCH3 is 1. The first kappa shape index (κ1) is 22.1. The Morgan fingerprint density at radius 3 is 2.48 bits per heavy atom. The fourth-order valence-electron chi connectivity index (χ4n) is 3.29. The molecule has 0 atom stereocenters. The molecular weight excluding hydrogens is 390 g/mol. The summed E-state index contributed by atoms with van der Waals surface area (Å²) in [4.78, 5) is 16.2. The molecule has 2 aromatic carbocycles. The molecule has 7 heteroatoms. The molecule has 0 aliphatic heterocycles. The van der Waals surface area contributed by atoms with Crippen molar-refractivity contribution in [3.8, 4) is 5.69 Å². The molecule has 0 aliphatic rings. The van der Waals surface area contributed by atoms with Crippen LogP contribution in [0.3, 0.4) is 0 Å². The molecule has 3 aromatic rings. The molecule has 0 fully saturated rings. The van der Waals surface area contributed by atoms with E-state index >= 15 is 0 Å². The van der Waals surface area contributed by atoms with Crippen LogP contribution in [0.5, 0.6) is 0 Å². The average Bonchev–Trinajstić information content (AvgIpc) is 3.13. The fraction of sp³-hybridized carbons (Fsp3) is 0.292. The van der Waals surface area contributed by atoms with Crippen molar-refractivity contribution in [2.75, 3.05) is 13.7 Å². The van der Waals surface area contributed by atoms with Crippen molar-refractivity contribution in [1.29, 1.82) is 0 Å². The topological polar surface area (TPSA) is 80.5 Å². The molecule has 1 heterocycles. The molecule has 0 radical (unpaired) electrons. The molecule has 0 bridgehead atoms. The molecule has 162 valence electrons. The number of aliphatic imine (C=N–C) groups is 1. The normalized spacial score (nSPS) is 11.3. The van der Waals surface area contributed by atoms with Gasteiger partial charge in [0.2, 0.25) is 0 Å². The molecule has 31 heavy (non-hydrogen) atoms. The zero-order chi connectivity index (χ0) is 22.2. The number of carbonyl (C=O) groups is 1. The third-order valence-electron chi connectivity index (χ3n) is 4.81. The van der Waals surface area contributed by atoms with Gasteiger partial charge < -0.3 is 15.4 Å². The summed E-state index contributed by atoms with van der Waals surface area (Å²) in [6, 6.07) is 17.6. The fourth-order valence-corrected chi connectivity index (χ4v) is 3.29. The Balaban J connectivity index is 1.71. The van der Waals surface area contributed by atoms with Crippen molar-refractivity contribution in [2.45, 2.75) is 33.9 Å². The lowest BCUT2D eigenvalue weighted by molar-refractivity contribution is 0.0600. The van der Waals surface area contributed by atoms with Crippen LogP contribution >= 0.6 is 0 Å². The van der Waals surface area contributed by atoms with Crippen LogP contribution in [-0.2, 0) is 17.8 Å². The highest BCUT2D eigenvalue weighted by atomic mass is 16.5. The van der Waals surface area contributed by atoms with Gasteiger partial charge >= 0.3 is 5.97 Å². The van der Waals surface area contributed by atoms with Gasteiger partial charge in [-0.25, -0.2) is 14.5 Å². The number of guanidine groups is 1. The van der Waals surface area contributed by atoms with E-state index in [1.807, 2.05) is 42.8 Å². The van der Waals surface area contributed by atoms with Gasteiger partial charge in [0.05, 0.1) is 30.6 Å². The minimum absolute atomic E-state index is 0.341. The van der Waals surface area contributed by atoms with Crippen LogP contribution in [0.2, 0.25) is 0 Å². The number of benzene rings is 2. The first-order chi connectivity index (χ1) is 15.0. The highest BCUT2D eigenvalue weighted by Crippen LogP contribution is 2.17. The van der Waals surface area contributed by atoms with E-state index in [-0.39, 0.29) is 5.97 Å². The summed E-state index contributed by atoms with van der Waals surface area (Å²) in [7, 11) is 1.38. The first-order valence-electron chi connectivity index (χ1n) is 10.3. The number of rotatable bonds is 7. The molecule has 0 saturated heterocycles. The Hall–Kier alpha value is -3.61. The van der Waals surface area contributed by atoms with E-state index in [0.29, 0.717) is 18.7 Å². The second kappa shape index (κ2) is 10.4. The van der Waals surface area contributed by atoms with E-state index in [0.717, 1.165) is 40.7 Å². The van der Waals surface area contributed by atoms with Crippen molar-refractivity contribution in [3.05, 3.63) is 82.7 Å². The summed E-state index contributed by atoms with van der Waals surface area (Å²) >= 11 is 0. The molecule has 3 rings (SSSR count). The molecule has 0 saturated carbocycles. The average molecular weight is 420 g/mol. The number of ether oxygens (including phenoxy) is 1. The van der Waals surface area contributed by atoms with Crippen LogP contribution in [0.4, 0.5) is 0 Å². The van der Waals surface area contributed by atoms with Gasteiger partial charge in [0.15, 0.2) is 5.96 Å². The molecule has 7 nitrogen and oxygen atoms in total. The second-order valence-corrected chi connectivity index (χ2v) is 7.20. The molecule has 0 spiro atoms. The van der Waals surface area contributed by atoms with Crippen LogP contribution in [0.25, 0.3) is 5.69 Å². The lowest BCUT2D eigenvalue weighted by atomic mass is 10.1. The number of para-hydroxylation sites is 1. The largest absolute Gasteiger partial charge is 0.465 e. The predicted molar refractivity (Wildman–Crippen MR) is 122 cm³/mol. The van der Waals surface area contributed by atoms with Crippen molar-refractivity contribution in [1.82, 2.24) is 20.4 Å². The minimum atomic E-state index is -0.341. The van der Waals surface area contributed by atoms with Crippen molar-refractivity contribution in [3.63, 3.8) is 0 Å². The van der Waals surface area contributed by atoms with Gasteiger partial charge in [0.25, 0.3) is 0 Å². The maximum absolute atomic E-state index is 11.6. The summed E-state index contributed by atoms with van der Waals surface area (Å²) < 4.78 is 6.71. The smallest absolute Gasteiger partial charge is 0.337 e. The second-order valence-electron chi connectivity index (χ2n) is 7.20. The third-order valence-corrected chi connectivity index (χ3v) is 4.81. The number of hydrogen-bond acceptors (Lipinski definition) is 4. The first-order valence-corrected chi connectivity index (χ1v) is 10.3. The molecular formula is C24H29N5O2. The van der Waals surface area contributed by atoms with Crippen LogP contribution in [0.15, 0.2) is 59.6 Å². The minimum Gasteiger partial charge on any atom is -0.465 e. The Morgan fingerprint density at radius 1 is 1.10 bits per heavy atom. The molecule has 0 aliphatic carbocycles. The number of nitrogens with zero attached hydrogens (tertiary/aromatic N) is 3. The summed E-state index contributed by atoms with van der Waals surface area (Å²) in [5.41, 5.74) is 5.81. The number of aromatic nitrogens is 2. The lowest BCUT2D eigenvalue weighted by Crippen LogP contribution is -2.37. The summed E-state index contributed by atoms with van der Waals surface area (Å²) in [5.74, 6) is 0.383. The van der Waals surface area contributed by atoms with Gasteiger partial charge in [-0.3, -0.25) is 0 Å². The monoisotopic (exact) mass is 419 g/mol. The number of carbonyl (C=O) groups excluding carboxylic acids is 1. The van der Waals surface area contributed by atoms with Gasteiger partial charge in [-0.05, 0) is 56.2 Å². The standard InChI is InChI=1S/C24H29N5O2/c1-5-25-24(26-15-19-10-12-20(13-11-19)23(30)31-4)27-16-21-8-6-7-9-22(21)29-18(3)14-17(2)28-29/h6-14H,5,15-16H2,1-4H3,(H2,25,26,27). The molecule has 2 N–H and O–H groups in total. The Kier molecular flexibility index (Phi) is 7.43.